The number of pyridine rings is 1. The van der Waals surface area contributed by atoms with Crippen LogP contribution in [0.25, 0.3) is 22.0 Å². The fraction of sp³-hybridized carbons (Fsp3) is 0.188. The van der Waals surface area contributed by atoms with E-state index in [1.54, 1.807) is 0 Å². The molecule has 2 aromatic heterocycles. The predicted molar refractivity (Wildman–Crippen MR) is 80.2 cm³/mol. The van der Waals surface area contributed by atoms with Crippen molar-refractivity contribution in [1.29, 1.82) is 0 Å². The van der Waals surface area contributed by atoms with Crippen molar-refractivity contribution in [3.05, 3.63) is 47.3 Å². The van der Waals surface area contributed by atoms with Gasteiger partial charge in [-0.2, -0.15) is 0 Å². The Morgan fingerprint density at radius 2 is 1.89 bits per heavy atom. The van der Waals surface area contributed by atoms with E-state index in [9.17, 15) is 0 Å². The first-order chi connectivity index (χ1) is 9.08. The maximum atomic E-state index is 5.80. The summed E-state index contributed by atoms with van der Waals surface area (Å²) in [7, 11) is 0. The van der Waals surface area contributed by atoms with Crippen molar-refractivity contribution in [2.45, 2.75) is 20.8 Å². The van der Waals surface area contributed by atoms with E-state index in [4.69, 9.17) is 5.73 Å². The maximum Gasteiger partial charge on any atom is 0.123 e. The number of hydrogen-bond donors (Lipinski definition) is 2. The number of nitrogens with two attached hydrogens (primary N) is 1. The molecule has 0 aliphatic rings. The Bertz CT molecular complexity index is 746. The molecule has 3 rings (SSSR count). The third-order valence-corrected chi connectivity index (χ3v) is 3.61. The SMILES string of the molecule is Cc1cc(N)nc(C)c1-c1cccc2c(C)c[nH]c12. The van der Waals surface area contributed by atoms with Gasteiger partial charge in [-0.25, -0.2) is 4.98 Å². The molecule has 0 atom stereocenters. The summed E-state index contributed by atoms with van der Waals surface area (Å²) >= 11 is 0. The van der Waals surface area contributed by atoms with Crippen molar-refractivity contribution in [3.8, 4) is 11.1 Å². The molecule has 0 spiro atoms. The average molecular weight is 251 g/mol. The summed E-state index contributed by atoms with van der Waals surface area (Å²) in [4.78, 5) is 7.75. The zero-order valence-electron chi connectivity index (χ0n) is 11.4. The number of para-hydroxylation sites is 1. The molecule has 1 aromatic carbocycles. The quantitative estimate of drug-likeness (QED) is 0.692. The van der Waals surface area contributed by atoms with Crippen LogP contribution in [-0.4, -0.2) is 9.97 Å². The zero-order valence-corrected chi connectivity index (χ0v) is 11.4. The van der Waals surface area contributed by atoms with Gasteiger partial charge in [-0.1, -0.05) is 18.2 Å². The molecular formula is C16H17N3. The highest BCUT2D eigenvalue weighted by molar-refractivity contribution is 5.97. The molecule has 96 valence electrons. The van der Waals surface area contributed by atoms with Crippen molar-refractivity contribution in [3.63, 3.8) is 0 Å². The number of rotatable bonds is 1. The lowest BCUT2D eigenvalue weighted by molar-refractivity contribution is 1.19. The number of hydrogen-bond acceptors (Lipinski definition) is 2. The molecule has 0 saturated carbocycles. The van der Waals surface area contributed by atoms with Crippen LogP contribution in [0.1, 0.15) is 16.8 Å². The molecule has 0 fully saturated rings. The number of nitrogen functional groups attached to an aromatic ring is 1. The van der Waals surface area contributed by atoms with Gasteiger partial charge in [0.1, 0.15) is 5.82 Å². The first kappa shape index (κ1) is 11.8. The van der Waals surface area contributed by atoms with E-state index in [0.29, 0.717) is 5.82 Å². The highest BCUT2D eigenvalue weighted by atomic mass is 14.8. The number of benzene rings is 1. The molecule has 0 saturated heterocycles. The zero-order chi connectivity index (χ0) is 13.6. The van der Waals surface area contributed by atoms with E-state index < -0.39 is 0 Å². The van der Waals surface area contributed by atoms with Gasteiger partial charge in [0, 0.05) is 28.4 Å². The Kier molecular flexibility index (Phi) is 2.56. The van der Waals surface area contributed by atoms with Crippen LogP contribution >= 0.6 is 0 Å². The van der Waals surface area contributed by atoms with Gasteiger partial charge in [-0.15, -0.1) is 0 Å². The molecule has 3 aromatic rings. The number of aromatic nitrogens is 2. The standard InChI is InChI=1S/C16H17N3/c1-9-7-14(17)19-11(3)15(9)13-6-4-5-12-10(2)8-18-16(12)13/h4-8,18H,1-3H3,(H2,17,19). The third-order valence-electron chi connectivity index (χ3n) is 3.61. The lowest BCUT2D eigenvalue weighted by Gasteiger charge is -2.11. The Balaban J connectivity index is 2.37. The summed E-state index contributed by atoms with van der Waals surface area (Å²) in [6, 6.07) is 8.29. The maximum absolute atomic E-state index is 5.80. The summed E-state index contributed by atoms with van der Waals surface area (Å²) in [6.07, 6.45) is 2.05. The van der Waals surface area contributed by atoms with Gasteiger partial charge in [0.05, 0.1) is 5.52 Å². The second kappa shape index (κ2) is 4.12. The van der Waals surface area contributed by atoms with Crippen molar-refractivity contribution >= 4 is 16.7 Å². The molecule has 0 amide bonds. The first-order valence-corrected chi connectivity index (χ1v) is 6.38. The number of aryl methyl sites for hydroxylation is 3. The van der Waals surface area contributed by atoms with Crippen molar-refractivity contribution in [2.75, 3.05) is 5.73 Å². The number of aromatic amines is 1. The molecule has 0 unspecified atom stereocenters. The smallest absolute Gasteiger partial charge is 0.123 e. The second-order valence-corrected chi connectivity index (χ2v) is 5.02. The van der Waals surface area contributed by atoms with Gasteiger partial charge in [0.25, 0.3) is 0 Å². The Labute approximate surface area is 112 Å². The number of fused-ring (bicyclic) bond motifs is 1. The monoisotopic (exact) mass is 251 g/mol. The highest BCUT2D eigenvalue weighted by Gasteiger charge is 2.12. The number of H-pyrrole nitrogens is 1. The second-order valence-electron chi connectivity index (χ2n) is 5.02. The largest absolute Gasteiger partial charge is 0.384 e. The minimum absolute atomic E-state index is 0.577. The normalized spacial score (nSPS) is 11.1. The molecule has 19 heavy (non-hydrogen) atoms. The minimum Gasteiger partial charge on any atom is -0.384 e. The van der Waals surface area contributed by atoms with Crippen molar-refractivity contribution < 1.29 is 0 Å². The number of anilines is 1. The van der Waals surface area contributed by atoms with E-state index in [0.717, 1.165) is 16.8 Å². The Hall–Kier alpha value is -2.29. The van der Waals surface area contributed by atoms with Crippen LogP contribution in [0.3, 0.4) is 0 Å². The minimum atomic E-state index is 0.577. The van der Waals surface area contributed by atoms with Crippen LogP contribution in [0.2, 0.25) is 0 Å². The summed E-state index contributed by atoms with van der Waals surface area (Å²) in [5.74, 6) is 0.577. The number of nitrogens with one attached hydrogen (secondary N) is 1. The summed E-state index contributed by atoms with van der Waals surface area (Å²) in [5, 5.41) is 1.26. The lowest BCUT2D eigenvalue weighted by atomic mass is 9.97. The Morgan fingerprint density at radius 3 is 2.63 bits per heavy atom. The van der Waals surface area contributed by atoms with E-state index in [2.05, 4.69) is 42.0 Å². The van der Waals surface area contributed by atoms with Gasteiger partial charge in [-0.05, 0) is 38.0 Å². The topological polar surface area (TPSA) is 54.7 Å². The molecule has 0 bridgehead atoms. The van der Waals surface area contributed by atoms with E-state index >= 15 is 0 Å². The van der Waals surface area contributed by atoms with E-state index in [1.807, 2.05) is 19.2 Å². The molecule has 0 radical (unpaired) electrons. The fourth-order valence-corrected chi connectivity index (χ4v) is 2.77. The highest BCUT2D eigenvalue weighted by Crippen LogP contribution is 2.33. The molecule has 0 aliphatic heterocycles. The predicted octanol–water partition coefficient (Wildman–Crippen LogP) is 3.74. The van der Waals surface area contributed by atoms with Crippen LogP contribution in [0.15, 0.2) is 30.5 Å². The van der Waals surface area contributed by atoms with Crippen LogP contribution in [-0.2, 0) is 0 Å². The van der Waals surface area contributed by atoms with Crippen molar-refractivity contribution in [2.24, 2.45) is 0 Å². The van der Waals surface area contributed by atoms with Gasteiger partial charge in [0.15, 0.2) is 0 Å². The van der Waals surface area contributed by atoms with Crippen molar-refractivity contribution in [1.82, 2.24) is 9.97 Å². The number of nitrogens with zero attached hydrogens (tertiary/aromatic N) is 1. The Morgan fingerprint density at radius 1 is 1.11 bits per heavy atom. The van der Waals surface area contributed by atoms with Gasteiger partial charge in [0.2, 0.25) is 0 Å². The van der Waals surface area contributed by atoms with E-state index in [1.165, 1.54) is 22.1 Å². The molecule has 0 aliphatic carbocycles. The molecular weight excluding hydrogens is 234 g/mol. The van der Waals surface area contributed by atoms with Crippen LogP contribution in [0.4, 0.5) is 5.82 Å². The van der Waals surface area contributed by atoms with Gasteiger partial charge < -0.3 is 10.7 Å². The fourth-order valence-electron chi connectivity index (χ4n) is 2.77. The summed E-state index contributed by atoms with van der Waals surface area (Å²) in [6.45, 7) is 6.20. The molecule has 2 heterocycles. The molecule has 3 N–H and O–H groups in total. The van der Waals surface area contributed by atoms with Gasteiger partial charge in [-0.3, -0.25) is 0 Å². The van der Waals surface area contributed by atoms with Crippen LogP contribution in [0.5, 0.6) is 0 Å². The van der Waals surface area contributed by atoms with E-state index in [-0.39, 0.29) is 0 Å². The van der Waals surface area contributed by atoms with Crippen LogP contribution < -0.4 is 5.73 Å². The third kappa shape index (κ3) is 1.78. The molecule has 3 heteroatoms. The van der Waals surface area contributed by atoms with Crippen LogP contribution in [0, 0.1) is 20.8 Å². The van der Waals surface area contributed by atoms with Gasteiger partial charge >= 0.3 is 0 Å². The molecule has 3 nitrogen and oxygen atoms in total. The first-order valence-electron chi connectivity index (χ1n) is 6.38. The average Bonchev–Trinajstić information content (AvgIpc) is 2.71. The lowest BCUT2D eigenvalue weighted by Crippen LogP contribution is -1.98. The summed E-state index contributed by atoms with van der Waals surface area (Å²) in [5.41, 5.74) is 12.7. The summed E-state index contributed by atoms with van der Waals surface area (Å²) < 4.78 is 0.